The van der Waals surface area contributed by atoms with Gasteiger partial charge in [0, 0.05) is 37.6 Å². The number of hydrogen-bond acceptors (Lipinski definition) is 8. The van der Waals surface area contributed by atoms with E-state index in [2.05, 4.69) is 25.7 Å². The number of nitrogens with zero attached hydrogens (tertiary/aromatic N) is 6. The molecular formula is C28H29N7O3S. The van der Waals surface area contributed by atoms with E-state index in [0.29, 0.717) is 35.2 Å². The van der Waals surface area contributed by atoms with E-state index in [1.54, 1.807) is 23.9 Å². The van der Waals surface area contributed by atoms with Crippen molar-refractivity contribution in [3.63, 3.8) is 0 Å². The van der Waals surface area contributed by atoms with Gasteiger partial charge in [0.1, 0.15) is 5.75 Å². The predicted molar refractivity (Wildman–Crippen MR) is 151 cm³/mol. The van der Waals surface area contributed by atoms with E-state index in [1.165, 1.54) is 11.8 Å². The minimum absolute atomic E-state index is 0.0177. The summed E-state index contributed by atoms with van der Waals surface area (Å²) in [5.74, 6) is 0.604. The van der Waals surface area contributed by atoms with Crippen molar-refractivity contribution in [1.29, 1.82) is 0 Å². The van der Waals surface area contributed by atoms with Gasteiger partial charge < -0.3 is 19.9 Å². The molecule has 10 nitrogen and oxygen atoms in total. The largest absolute Gasteiger partial charge is 0.496 e. The third-order valence-corrected chi connectivity index (χ3v) is 7.39. The topological polar surface area (TPSA) is 105 Å². The highest BCUT2D eigenvalue weighted by atomic mass is 32.2. The molecule has 0 spiro atoms. The maximum absolute atomic E-state index is 13.0. The summed E-state index contributed by atoms with van der Waals surface area (Å²) in [5.41, 5.74) is 4.33. The number of carbonyl (C=O) groups excluding carboxylic acids is 2. The molecule has 0 atom stereocenters. The maximum Gasteiger partial charge on any atom is 0.257 e. The number of benzene rings is 3. The average Bonchev–Trinajstić information content (AvgIpc) is 3.45. The second-order valence-electron chi connectivity index (χ2n) is 9.07. The summed E-state index contributed by atoms with van der Waals surface area (Å²) < 4.78 is 6.97. The van der Waals surface area contributed by atoms with Gasteiger partial charge in [-0.1, -0.05) is 41.6 Å². The maximum atomic E-state index is 13.0. The van der Waals surface area contributed by atoms with Crippen molar-refractivity contribution in [3.05, 3.63) is 83.9 Å². The average molecular weight is 544 g/mol. The molecule has 0 unspecified atom stereocenters. The van der Waals surface area contributed by atoms with Crippen LogP contribution in [0.5, 0.6) is 5.75 Å². The first-order chi connectivity index (χ1) is 19.0. The van der Waals surface area contributed by atoms with Gasteiger partial charge in [-0.05, 0) is 65.9 Å². The molecule has 39 heavy (non-hydrogen) atoms. The van der Waals surface area contributed by atoms with Crippen LogP contribution >= 0.6 is 11.8 Å². The fourth-order valence-electron chi connectivity index (χ4n) is 4.36. The summed E-state index contributed by atoms with van der Waals surface area (Å²) in [6.07, 6.45) is 0. The molecule has 1 aromatic heterocycles. The second kappa shape index (κ2) is 12.0. The summed E-state index contributed by atoms with van der Waals surface area (Å²) in [6, 6.07) is 22.9. The molecule has 0 aliphatic carbocycles. The summed E-state index contributed by atoms with van der Waals surface area (Å²) in [6.45, 7) is 4.70. The normalized spacial score (nSPS) is 13.3. The first-order valence-electron chi connectivity index (χ1n) is 12.6. The van der Waals surface area contributed by atoms with Crippen LogP contribution in [0.25, 0.3) is 5.69 Å². The van der Waals surface area contributed by atoms with Gasteiger partial charge in [-0.25, -0.2) is 0 Å². The molecule has 1 saturated heterocycles. The summed E-state index contributed by atoms with van der Waals surface area (Å²) in [5, 5.41) is 15.3. The Kier molecular flexibility index (Phi) is 8.07. The van der Waals surface area contributed by atoms with Crippen LogP contribution in [0.3, 0.4) is 0 Å². The van der Waals surface area contributed by atoms with Crippen LogP contribution in [-0.2, 0) is 4.79 Å². The highest BCUT2D eigenvalue weighted by Crippen LogP contribution is 2.24. The van der Waals surface area contributed by atoms with Gasteiger partial charge in [0.2, 0.25) is 11.1 Å². The molecule has 1 aliphatic rings. The lowest BCUT2D eigenvalue weighted by molar-refractivity contribution is -0.113. The molecule has 3 aromatic carbocycles. The number of nitrogens with one attached hydrogen (secondary N) is 1. The minimum atomic E-state index is -0.144. The third kappa shape index (κ3) is 6.20. The Balaban J connectivity index is 1.11. The zero-order valence-electron chi connectivity index (χ0n) is 21.8. The first-order valence-corrected chi connectivity index (χ1v) is 13.6. The van der Waals surface area contributed by atoms with Crippen molar-refractivity contribution < 1.29 is 14.3 Å². The second-order valence-corrected chi connectivity index (χ2v) is 10.0. The number of rotatable bonds is 8. The van der Waals surface area contributed by atoms with E-state index in [1.807, 2.05) is 72.5 Å². The molecule has 5 rings (SSSR count). The van der Waals surface area contributed by atoms with Crippen molar-refractivity contribution in [2.45, 2.75) is 12.1 Å². The number of hydrogen-bond donors (Lipinski definition) is 1. The molecule has 2 amide bonds. The Hall–Kier alpha value is -4.38. The lowest BCUT2D eigenvalue weighted by atomic mass is 10.1. The molecule has 2 heterocycles. The van der Waals surface area contributed by atoms with Gasteiger partial charge in [0.05, 0.1) is 24.1 Å². The highest BCUT2D eigenvalue weighted by Gasteiger charge is 2.24. The van der Waals surface area contributed by atoms with Crippen molar-refractivity contribution in [2.75, 3.05) is 49.3 Å². The molecule has 1 N–H and O–H groups in total. The quantitative estimate of drug-likeness (QED) is 0.336. The summed E-state index contributed by atoms with van der Waals surface area (Å²) in [7, 11) is 1.58. The Morgan fingerprint density at radius 1 is 0.923 bits per heavy atom. The van der Waals surface area contributed by atoms with Crippen molar-refractivity contribution in [1.82, 2.24) is 25.1 Å². The van der Waals surface area contributed by atoms with Gasteiger partial charge in [-0.2, -0.15) is 4.68 Å². The lowest BCUT2D eigenvalue weighted by Crippen LogP contribution is -2.48. The van der Waals surface area contributed by atoms with E-state index in [0.717, 1.165) is 30.0 Å². The number of amides is 2. The number of ether oxygens (including phenoxy) is 1. The molecule has 0 saturated carbocycles. The van der Waals surface area contributed by atoms with E-state index in [-0.39, 0.29) is 17.6 Å². The van der Waals surface area contributed by atoms with Gasteiger partial charge in [0.25, 0.3) is 5.91 Å². The number of anilines is 2. The number of tetrazole rings is 1. The third-order valence-electron chi connectivity index (χ3n) is 6.47. The van der Waals surface area contributed by atoms with E-state index >= 15 is 0 Å². The van der Waals surface area contributed by atoms with Crippen molar-refractivity contribution in [2.24, 2.45) is 0 Å². The molecule has 0 bridgehead atoms. The SMILES string of the molecule is COc1ccccc1C(=O)N1CCN(c2ccc(NC(=O)CSc3nnnn3-c3ccc(C)cc3)cc2)CC1. The van der Waals surface area contributed by atoms with Crippen LogP contribution in [0.4, 0.5) is 11.4 Å². The number of para-hydroxylation sites is 1. The van der Waals surface area contributed by atoms with Crippen LogP contribution in [0.2, 0.25) is 0 Å². The number of thioether (sulfide) groups is 1. The number of carbonyl (C=O) groups is 2. The molecule has 1 fully saturated rings. The molecule has 11 heteroatoms. The van der Waals surface area contributed by atoms with E-state index in [9.17, 15) is 9.59 Å². The number of piperazine rings is 1. The Bertz CT molecular complexity index is 1430. The first kappa shape index (κ1) is 26.2. The van der Waals surface area contributed by atoms with Crippen molar-refractivity contribution in [3.8, 4) is 11.4 Å². The van der Waals surface area contributed by atoms with E-state index < -0.39 is 0 Å². The monoisotopic (exact) mass is 543 g/mol. The Morgan fingerprint density at radius 2 is 1.62 bits per heavy atom. The van der Waals surface area contributed by atoms with Crippen LogP contribution in [-0.4, -0.2) is 76.0 Å². The molecule has 200 valence electrons. The van der Waals surface area contributed by atoms with Gasteiger partial charge in [-0.3, -0.25) is 9.59 Å². The van der Waals surface area contributed by atoms with Crippen LogP contribution in [0, 0.1) is 6.92 Å². The van der Waals surface area contributed by atoms with Crippen LogP contribution in [0.15, 0.2) is 78.0 Å². The minimum Gasteiger partial charge on any atom is -0.496 e. The number of aryl methyl sites for hydroxylation is 1. The lowest BCUT2D eigenvalue weighted by Gasteiger charge is -2.36. The molecule has 1 aliphatic heterocycles. The van der Waals surface area contributed by atoms with Crippen LogP contribution < -0.4 is 15.0 Å². The smallest absolute Gasteiger partial charge is 0.257 e. The van der Waals surface area contributed by atoms with Gasteiger partial charge in [-0.15, -0.1) is 5.10 Å². The number of methoxy groups -OCH3 is 1. The highest BCUT2D eigenvalue weighted by molar-refractivity contribution is 7.99. The van der Waals surface area contributed by atoms with Crippen LogP contribution in [0.1, 0.15) is 15.9 Å². The summed E-state index contributed by atoms with van der Waals surface area (Å²) in [4.78, 5) is 29.6. The molecular weight excluding hydrogens is 514 g/mol. The van der Waals surface area contributed by atoms with Crippen molar-refractivity contribution >= 4 is 35.0 Å². The zero-order valence-corrected chi connectivity index (χ0v) is 22.6. The van der Waals surface area contributed by atoms with E-state index in [4.69, 9.17) is 4.74 Å². The molecule has 0 radical (unpaired) electrons. The van der Waals surface area contributed by atoms with Gasteiger partial charge in [0.15, 0.2) is 0 Å². The van der Waals surface area contributed by atoms with Gasteiger partial charge >= 0.3 is 0 Å². The summed E-state index contributed by atoms with van der Waals surface area (Å²) >= 11 is 1.28. The fraction of sp³-hybridized carbons (Fsp3) is 0.250. The Morgan fingerprint density at radius 3 is 2.33 bits per heavy atom. The zero-order chi connectivity index (χ0) is 27.2. The standard InChI is InChI=1S/C28H29N7O3S/c1-20-7-11-23(12-8-20)35-28(30-31-32-35)39-19-26(36)29-21-9-13-22(14-10-21)33-15-17-34(18-16-33)27(37)24-5-3-4-6-25(24)38-2/h3-14H,15-19H2,1-2H3,(H,29,36). The molecule has 4 aromatic rings. The Labute approximate surface area is 230 Å². The predicted octanol–water partition coefficient (Wildman–Crippen LogP) is 3.67. The fourth-order valence-corrected chi connectivity index (χ4v) is 5.05. The number of aromatic nitrogens is 4.